The minimum atomic E-state index is 0.252. The van der Waals surface area contributed by atoms with Crippen molar-refractivity contribution in [3.8, 4) is 0 Å². The maximum absolute atomic E-state index is 5.78. The molecule has 0 aromatic carbocycles. The van der Waals surface area contributed by atoms with Gasteiger partial charge in [-0.1, -0.05) is 13.8 Å². The molecule has 1 saturated heterocycles. The first-order valence-corrected chi connectivity index (χ1v) is 7.00. The van der Waals surface area contributed by atoms with E-state index in [1.807, 2.05) is 0 Å². The predicted molar refractivity (Wildman–Crippen MR) is 75.2 cm³/mol. The maximum Gasteiger partial charge on any atom is 0.00417 e. The summed E-state index contributed by atoms with van der Waals surface area (Å²) in [6, 6.07) is 0. The van der Waals surface area contributed by atoms with Gasteiger partial charge in [-0.05, 0) is 70.9 Å². The molecule has 0 unspecified atom stereocenters. The van der Waals surface area contributed by atoms with Gasteiger partial charge in [-0.15, -0.1) is 0 Å². The van der Waals surface area contributed by atoms with Gasteiger partial charge in [0.15, 0.2) is 0 Å². The molecule has 3 nitrogen and oxygen atoms in total. The monoisotopic (exact) mass is 241 g/mol. The fourth-order valence-corrected chi connectivity index (χ4v) is 2.63. The summed E-state index contributed by atoms with van der Waals surface area (Å²) >= 11 is 0. The Hall–Kier alpha value is -0.120. The summed E-state index contributed by atoms with van der Waals surface area (Å²) in [7, 11) is 4.46. The quantitative estimate of drug-likeness (QED) is 0.767. The summed E-state index contributed by atoms with van der Waals surface area (Å²) in [5.41, 5.74) is 6.03. The van der Waals surface area contributed by atoms with Gasteiger partial charge < -0.3 is 15.5 Å². The molecule has 1 fully saturated rings. The second kappa shape index (κ2) is 6.72. The fourth-order valence-electron chi connectivity index (χ4n) is 2.63. The first-order valence-electron chi connectivity index (χ1n) is 7.00. The van der Waals surface area contributed by atoms with E-state index in [0.29, 0.717) is 0 Å². The molecule has 0 bridgehead atoms. The van der Waals surface area contributed by atoms with Gasteiger partial charge in [-0.3, -0.25) is 0 Å². The van der Waals surface area contributed by atoms with Crippen LogP contribution in [0.1, 0.15) is 33.1 Å². The molecule has 0 aliphatic carbocycles. The molecular weight excluding hydrogens is 210 g/mol. The Kier molecular flexibility index (Phi) is 5.90. The van der Waals surface area contributed by atoms with E-state index in [9.17, 15) is 0 Å². The molecule has 3 heteroatoms. The van der Waals surface area contributed by atoms with Crippen molar-refractivity contribution in [3.05, 3.63) is 0 Å². The van der Waals surface area contributed by atoms with Crippen molar-refractivity contribution in [1.82, 2.24) is 9.80 Å². The molecule has 0 atom stereocenters. The first-order chi connectivity index (χ1) is 7.93. The van der Waals surface area contributed by atoms with Crippen molar-refractivity contribution < 1.29 is 0 Å². The molecule has 17 heavy (non-hydrogen) atoms. The van der Waals surface area contributed by atoms with E-state index in [-0.39, 0.29) is 5.41 Å². The highest BCUT2D eigenvalue weighted by molar-refractivity contribution is 4.75. The lowest BCUT2D eigenvalue weighted by atomic mass is 9.91. The second-order valence-electron chi connectivity index (χ2n) is 6.64. The fraction of sp³-hybridized carbons (Fsp3) is 1.00. The van der Waals surface area contributed by atoms with Crippen molar-refractivity contribution in [3.63, 3.8) is 0 Å². The third-order valence-corrected chi connectivity index (χ3v) is 4.01. The van der Waals surface area contributed by atoms with Crippen LogP contribution in [0.25, 0.3) is 0 Å². The molecule has 0 amide bonds. The molecular formula is C14H31N3. The van der Waals surface area contributed by atoms with Gasteiger partial charge in [0.1, 0.15) is 0 Å². The van der Waals surface area contributed by atoms with Crippen LogP contribution in [0.5, 0.6) is 0 Å². The van der Waals surface area contributed by atoms with Crippen LogP contribution in [0.3, 0.4) is 0 Å². The van der Waals surface area contributed by atoms with Crippen molar-refractivity contribution in [1.29, 1.82) is 0 Å². The van der Waals surface area contributed by atoms with Gasteiger partial charge in [0, 0.05) is 6.54 Å². The zero-order valence-electron chi connectivity index (χ0n) is 12.2. The molecule has 1 aliphatic rings. The number of hydrogen-bond donors (Lipinski definition) is 1. The normalized spacial score (nSPS) is 20.1. The lowest BCUT2D eigenvalue weighted by molar-refractivity contribution is 0.173. The predicted octanol–water partition coefficient (Wildman–Crippen LogP) is 1.64. The Balaban J connectivity index is 2.17. The molecule has 1 aliphatic heterocycles. The van der Waals surface area contributed by atoms with E-state index >= 15 is 0 Å². The molecule has 1 heterocycles. The van der Waals surface area contributed by atoms with E-state index in [4.69, 9.17) is 5.73 Å². The van der Waals surface area contributed by atoms with Gasteiger partial charge in [0.05, 0.1) is 0 Å². The van der Waals surface area contributed by atoms with E-state index in [2.05, 4.69) is 37.7 Å². The lowest BCUT2D eigenvalue weighted by Gasteiger charge is -2.32. The zero-order chi connectivity index (χ0) is 12.9. The van der Waals surface area contributed by atoms with Crippen LogP contribution >= 0.6 is 0 Å². The van der Waals surface area contributed by atoms with E-state index in [1.165, 1.54) is 38.9 Å². The SMILES string of the molecule is CN1CCC(CCN(C)CC(C)(C)CN)CC1. The van der Waals surface area contributed by atoms with Crippen LogP contribution in [-0.4, -0.2) is 56.6 Å². The Morgan fingerprint density at radius 2 is 1.88 bits per heavy atom. The highest BCUT2D eigenvalue weighted by Crippen LogP contribution is 2.20. The topological polar surface area (TPSA) is 32.5 Å². The molecule has 0 radical (unpaired) electrons. The van der Waals surface area contributed by atoms with Crippen molar-refractivity contribution in [2.24, 2.45) is 17.1 Å². The third kappa shape index (κ3) is 5.84. The van der Waals surface area contributed by atoms with Crippen LogP contribution < -0.4 is 5.73 Å². The lowest BCUT2D eigenvalue weighted by Crippen LogP contribution is -2.38. The average Bonchev–Trinajstić information content (AvgIpc) is 2.28. The minimum absolute atomic E-state index is 0.252. The molecule has 0 spiro atoms. The Morgan fingerprint density at radius 1 is 1.29 bits per heavy atom. The number of hydrogen-bond acceptors (Lipinski definition) is 3. The smallest absolute Gasteiger partial charge is 0.00417 e. The van der Waals surface area contributed by atoms with Gasteiger partial charge in [0.2, 0.25) is 0 Å². The van der Waals surface area contributed by atoms with Crippen LogP contribution in [0.15, 0.2) is 0 Å². The molecule has 2 N–H and O–H groups in total. The highest BCUT2D eigenvalue weighted by atomic mass is 15.1. The number of rotatable bonds is 6. The van der Waals surface area contributed by atoms with Crippen molar-refractivity contribution in [2.45, 2.75) is 33.1 Å². The second-order valence-corrected chi connectivity index (χ2v) is 6.64. The van der Waals surface area contributed by atoms with Crippen molar-refractivity contribution in [2.75, 3.05) is 46.8 Å². The summed E-state index contributed by atoms with van der Waals surface area (Å²) in [6.07, 6.45) is 4.11. The average molecular weight is 241 g/mol. The van der Waals surface area contributed by atoms with Crippen molar-refractivity contribution >= 4 is 0 Å². The number of piperidine rings is 1. The summed E-state index contributed by atoms with van der Waals surface area (Å²) in [5.74, 6) is 0.939. The Morgan fingerprint density at radius 3 is 2.41 bits per heavy atom. The Bertz CT molecular complexity index is 208. The maximum atomic E-state index is 5.78. The van der Waals surface area contributed by atoms with Gasteiger partial charge in [-0.2, -0.15) is 0 Å². The van der Waals surface area contributed by atoms with Crippen LogP contribution in [0, 0.1) is 11.3 Å². The first kappa shape index (κ1) is 14.9. The van der Waals surface area contributed by atoms with E-state index in [1.54, 1.807) is 0 Å². The standard InChI is InChI=1S/C14H31N3/c1-14(2,11-15)12-17(4)10-7-13-5-8-16(3)9-6-13/h13H,5-12,15H2,1-4H3. The number of likely N-dealkylation sites (tertiary alicyclic amines) is 1. The summed E-state index contributed by atoms with van der Waals surface area (Å²) in [4.78, 5) is 4.89. The van der Waals surface area contributed by atoms with Crippen LogP contribution in [-0.2, 0) is 0 Å². The van der Waals surface area contributed by atoms with E-state index in [0.717, 1.165) is 19.0 Å². The van der Waals surface area contributed by atoms with Gasteiger partial charge >= 0.3 is 0 Å². The molecule has 0 saturated carbocycles. The number of nitrogens with zero attached hydrogens (tertiary/aromatic N) is 2. The molecule has 1 rings (SSSR count). The van der Waals surface area contributed by atoms with Gasteiger partial charge in [0.25, 0.3) is 0 Å². The van der Waals surface area contributed by atoms with E-state index < -0.39 is 0 Å². The number of nitrogens with two attached hydrogens (primary N) is 1. The highest BCUT2D eigenvalue weighted by Gasteiger charge is 2.20. The largest absolute Gasteiger partial charge is 0.330 e. The Labute approximate surface area is 107 Å². The van der Waals surface area contributed by atoms with Crippen LogP contribution in [0.2, 0.25) is 0 Å². The van der Waals surface area contributed by atoms with Crippen LogP contribution in [0.4, 0.5) is 0 Å². The summed E-state index contributed by atoms with van der Waals surface area (Å²) in [6.45, 7) is 10.2. The van der Waals surface area contributed by atoms with Gasteiger partial charge in [-0.25, -0.2) is 0 Å². The summed E-state index contributed by atoms with van der Waals surface area (Å²) < 4.78 is 0. The molecule has 102 valence electrons. The molecule has 0 aromatic rings. The third-order valence-electron chi connectivity index (χ3n) is 4.01. The molecule has 0 aromatic heterocycles. The zero-order valence-corrected chi connectivity index (χ0v) is 12.2. The minimum Gasteiger partial charge on any atom is -0.330 e. The summed E-state index contributed by atoms with van der Waals surface area (Å²) in [5, 5.41) is 0.